The van der Waals surface area contributed by atoms with Gasteiger partial charge in [0.1, 0.15) is 0 Å². The van der Waals surface area contributed by atoms with Gasteiger partial charge in [0.25, 0.3) is 0 Å². The summed E-state index contributed by atoms with van der Waals surface area (Å²) in [6.45, 7) is 0. The summed E-state index contributed by atoms with van der Waals surface area (Å²) in [4.78, 5) is 0. The molecule has 4 rings (SSSR count). The monoisotopic (exact) mass is 365 g/mol. The average molecular weight is 365 g/mol. The number of benzene rings is 2. The Bertz CT molecular complexity index is 1090. The van der Waals surface area contributed by atoms with Crippen LogP contribution in [0.3, 0.4) is 0 Å². The molecule has 27 heavy (non-hydrogen) atoms. The fourth-order valence-electron chi connectivity index (χ4n) is 3.17. The molecule has 0 bridgehead atoms. The van der Waals surface area contributed by atoms with Gasteiger partial charge in [-0.2, -0.15) is 0 Å². The third kappa shape index (κ3) is 2.77. The summed E-state index contributed by atoms with van der Waals surface area (Å²) in [7, 11) is 6.68. The molecule has 2 aromatic heterocycles. The summed E-state index contributed by atoms with van der Waals surface area (Å²) >= 11 is 0. The zero-order valence-electron chi connectivity index (χ0n) is 15.5. The van der Waals surface area contributed by atoms with E-state index < -0.39 is 0 Å². The molecule has 0 unspecified atom stereocenters. The van der Waals surface area contributed by atoms with Gasteiger partial charge < -0.3 is 23.2 Å². The number of hydrogen-bond acceptors (Lipinski definition) is 6. The lowest BCUT2D eigenvalue weighted by molar-refractivity contribution is 0.324. The third-order valence-electron chi connectivity index (χ3n) is 4.46. The third-order valence-corrected chi connectivity index (χ3v) is 4.46. The Morgan fingerprint density at radius 1 is 0.889 bits per heavy atom. The van der Waals surface area contributed by atoms with Crippen LogP contribution in [0.4, 0.5) is 0 Å². The number of nitrogens with zero attached hydrogens (tertiary/aromatic N) is 3. The van der Waals surface area contributed by atoms with Gasteiger partial charge >= 0.3 is 0 Å². The van der Waals surface area contributed by atoms with E-state index in [1.54, 1.807) is 33.5 Å². The van der Waals surface area contributed by atoms with E-state index in [1.165, 1.54) is 0 Å². The molecule has 0 saturated carbocycles. The largest absolute Gasteiger partial charge is 0.493 e. The van der Waals surface area contributed by atoms with Crippen molar-refractivity contribution in [2.75, 3.05) is 21.3 Å². The maximum Gasteiger partial charge on any atom is 0.250 e. The molecule has 0 spiro atoms. The Kier molecular flexibility index (Phi) is 4.19. The van der Waals surface area contributed by atoms with Gasteiger partial charge in [0, 0.05) is 29.7 Å². The van der Waals surface area contributed by atoms with Crippen molar-refractivity contribution < 1.29 is 18.6 Å². The molecular formula is C20H19N3O4. The van der Waals surface area contributed by atoms with E-state index in [9.17, 15) is 0 Å². The van der Waals surface area contributed by atoms with Crippen LogP contribution in [-0.4, -0.2) is 36.1 Å². The molecular weight excluding hydrogens is 346 g/mol. The number of methoxy groups -OCH3 is 3. The van der Waals surface area contributed by atoms with Gasteiger partial charge in [0.05, 0.1) is 26.9 Å². The number of aryl methyl sites for hydroxylation is 1. The molecule has 7 heteroatoms. The van der Waals surface area contributed by atoms with Crippen molar-refractivity contribution in [3.63, 3.8) is 0 Å². The molecule has 7 nitrogen and oxygen atoms in total. The average Bonchev–Trinajstić information content (AvgIpc) is 3.32. The van der Waals surface area contributed by atoms with Crippen LogP contribution in [-0.2, 0) is 7.05 Å². The van der Waals surface area contributed by atoms with E-state index in [4.69, 9.17) is 18.6 Å². The lowest BCUT2D eigenvalue weighted by Gasteiger charge is -2.12. The van der Waals surface area contributed by atoms with Gasteiger partial charge in [-0.3, -0.25) is 0 Å². The zero-order valence-corrected chi connectivity index (χ0v) is 15.5. The Hall–Kier alpha value is -3.48. The van der Waals surface area contributed by atoms with Crippen LogP contribution < -0.4 is 14.2 Å². The molecule has 2 heterocycles. The molecule has 0 atom stereocenters. The maximum absolute atomic E-state index is 5.96. The molecule has 0 aliphatic heterocycles. The number of hydrogen-bond donors (Lipinski definition) is 0. The van der Waals surface area contributed by atoms with Gasteiger partial charge in [0.15, 0.2) is 11.5 Å². The van der Waals surface area contributed by atoms with E-state index >= 15 is 0 Å². The number of fused-ring (bicyclic) bond motifs is 1. The molecule has 4 aromatic rings. The number of para-hydroxylation sites is 1. The molecule has 0 amide bonds. The van der Waals surface area contributed by atoms with Gasteiger partial charge in [-0.05, 0) is 18.2 Å². The SMILES string of the molecule is COc1cc(-c2nnc(-c3cn(C)c4ccccc34)o2)cc(OC)c1OC. The van der Waals surface area contributed by atoms with Crippen LogP contribution in [0.5, 0.6) is 17.2 Å². The van der Waals surface area contributed by atoms with E-state index in [2.05, 4.69) is 16.3 Å². The first-order valence-electron chi connectivity index (χ1n) is 8.34. The first-order chi connectivity index (χ1) is 13.2. The van der Waals surface area contributed by atoms with Crippen LogP contribution >= 0.6 is 0 Å². The maximum atomic E-state index is 5.96. The number of rotatable bonds is 5. The summed E-state index contributed by atoms with van der Waals surface area (Å²) in [6, 6.07) is 11.6. The summed E-state index contributed by atoms with van der Waals surface area (Å²) in [5, 5.41) is 9.50. The molecule has 138 valence electrons. The minimum Gasteiger partial charge on any atom is -0.493 e. The highest BCUT2D eigenvalue weighted by Crippen LogP contribution is 2.41. The lowest BCUT2D eigenvalue weighted by Crippen LogP contribution is -1.95. The van der Waals surface area contributed by atoms with Crippen molar-refractivity contribution in [1.82, 2.24) is 14.8 Å². The van der Waals surface area contributed by atoms with Crippen LogP contribution in [0.1, 0.15) is 0 Å². The Balaban J connectivity index is 1.81. The highest BCUT2D eigenvalue weighted by Gasteiger charge is 2.19. The molecule has 0 saturated heterocycles. The lowest BCUT2D eigenvalue weighted by atomic mass is 10.1. The van der Waals surface area contributed by atoms with E-state index in [0.29, 0.717) is 34.6 Å². The van der Waals surface area contributed by atoms with Gasteiger partial charge in [-0.15, -0.1) is 10.2 Å². The Labute approximate surface area is 156 Å². The normalized spacial score (nSPS) is 11.0. The molecule has 0 aliphatic carbocycles. The van der Waals surface area contributed by atoms with Crippen molar-refractivity contribution in [3.8, 4) is 40.2 Å². The predicted molar refractivity (Wildman–Crippen MR) is 101 cm³/mol. The van der Waals surface area contributed by atoms with Crippen LogP contribution in [0, 0.1) is 0 Å². The van der Waals surface area contributed by atoms with Crippen LogP contribution in [0.15, 0.2) is 47.0 Å². The van der Waals surface area contributed by atoms with E-state index in [0.717, 1.165) is 16.5 Å². The first kappa shape index (κ1) is 17.0. The molecule has 0 fully saturated rings. The zero-order chi connectivity index (χ0) is 19.0. The van der Waals surface area contributed by atoms with Gasteiger partial charge in [0.2, 0.25) is 17.5 Å². The van der Waals surface area contributed by atoms with Crippen molar-refractivity contribution >= 4 is 10.9 Å². The Morgan fingerprint density at radius 3 is 2.22 bits per heavy atom. The fraction of sp³-hybridized carbons (Fsp3) is 0.200. The summed E-state index contributed by atoms with van der Waals surface area (Å²) in [6.07, 6.45) is 1.98. The number of aromatic nitrogens is 3. The first-order valence-corrected chi connectivity index (χ1v) is 8.34. The van der Waals surface area contributed by atoms with Crippen molar-refractivity contribution in [1.29, 1.82) is 0 Å². The van der Waals surface area contributed by atoms with Gasteiger partial charge in [-0.1, -0.05) is 18.2 Å². The fourth-order valence-corrected chi connectivity index (χ4v) is 3.17. The molecule has 0 aliphatic rings. The van der Waals surface area contributed by atoms with Crippen LogP contribution in [0.2, 0.25) is 0 Å². The van der Waals surface area contributed by atoms with Crippen molar-refractivity contribution in [2.45, 2.75) is 0 Å². The van der Waals surface area contributed by atoms with Crippen molar-refractivity contribution in [2.24, 2.45) is 7.05 Å². The second-order valence-corrected chi connectivity index (χ2v) is 6.00. The summed E-state index contributed by atoms with van der Waals surface area (Å²) < 4.78 is 24.1. The Morgan fingerprint density at radius 2 is 1.56 bits per heavy atom. The van der Waals surface area contributed by atoms with Crippen molar-refractivity contribution in [3.05, 3.63) is 42.6 Å². The topological polar surface area (TPSA) is 71.5 Å². The highest BCUT2D eigenvalue weighted by molar-refractivity contribution is 5.94. The summed E-state index contributed by atoms with van der Waals surface area (Å²) in [5.41, 5.74) is 2.67. The standard InChI is InChI=1S/C20H19N3O4/c1-23-11-14(13-7-5-6-8-15(13)23)20-22-21-19(27-20)12-9-16(24-2)18(26-4)17(10-12)25-3/h5-11H,1-4H3. The smallest absolute Gasteiger partial charge is 0.250 e. The highest BCUT2D eigenvalue weighted by atomic mass is 16.5. The quantitative estimate of drug-likeness (QED) is 0.534. The summed E-state index contributed by atoms with van der Waals surface area (Å²) in [5.74, 6) is 2.39. The second kappa shape index (κ2) is 6.68. The van der Waals surface area contributed by atoms with Gasteiger partial charge in [-0.25, -0.2) is 0 Å². The molecule has 0 radical (unpaired) electrons. The van der Waals surface area contributed by atoms with E-state index in [-0.39, 0.29) is 0 Å². The predicted octanol–water partition coefficient (Wildman–Crippen LogP) is 3.92. The van der Waals surface area contributed by atoms with E-state index in [1.807, 2.05) is 36.0 Å². The molecule has 0 N–H and O–H groups in total. The minimum atomic E-state index is 0.372. The second-order valence-electron chi connectivity index (χ2n) is 6.00. The van der Waals surface area contributed by atoms with Crippen LogP contribution in [0.25, 0.3) is 33.8 Å². The molecule has 2 aromatic carbocycles. The minimum absolute atomic E-state index is 0.372. The number of ether oxygens (including phenoxy) is 3.